The topological polar surface area (TPSA) is 44.7 Å². The summed E-state index contributed by atoms with van der Waals surface area (Å²) in [5.74, 6) is 0.861. The average molecular weight is 280 g/mol. The zero-order valence-electron chi connectivity index (χ0n) is 13.3. The van der Waals surface area contributed by atoms with Crippen molar-refractivity contribution in [2.24, 2.45) is 0 Å². The van der Waals surface area contributed by atoms with E-state index in [-0.39, 0.29) is 12.1 Å². The first-order chi connectivity index (χ1) is 9.40. The highest BCUT2D eigenvalue weighted by molar-refractivity contribution is 5.50. The van der Waals surface area contributed by atoms with E-state index in [1.807, 2.05) is 18.2 Å². The predicted octanol–water partition coefficient (Wildman–Crippen LogP) is 2.27. The third-order valence-corrected chi connectivity index (χ3v) is 3.48. The summed E-state index contributed by atoms with van der Waals surface area (Å²) < 4.78 is 5.25. The Labute approximate surface area is 122 Å². The van der Waals surface area contributed by atoms with Crippen LogP contribution < -0.4 is 15.0 Å². The molecule has 0 saturated heterocycles. The Morgan fingerprint density at radius 3 is 2.65 bits per heavy atom. The molecule has 4 nitrogen and oxygen atoms in total. The minimum absolute atomic E-state index is 0.136. The van der Waals surface area contributed by atoms with Gasteiger partial charge in [-0.15, -0.1) is 0 Å². The van der Waals surface area contributed by atoms with Crippen LogP contribution in [0.3, 0.4) is 0 Å². The van der Waals surface area contributed by atoms with E-state index in [1.165, 1.54) is 0 Å². The van der Waals surface area contributed by atoms with Gasteiger partial charge >= 0.3 is 0 Å². The van der Waals surface area contributed by atoms with Gasteiger partial charge in [-0.2, -0.15) is 0 Å². The van der Waals surface area contributed by atoms with Gasteiger partial charge in [-0.3, -0.25) is 0 Å². The number of aliphatic hydroxyl groups is 1. The van der Waals surface area contributed by atoms with E-state index in [0.29, 0.717) is 6.04 Å². The first-order valence-electron chi connectivity index (χ1n) is 7.14. The molecule has 0 aliphatic carbocycles. The van der Waals surface area contributed by atoms with Gasteiger partial charge in [0, 0.05) is 36.9 Å². The molecule has 0 saturated carbocycles. The third-order valence-electron chi connectivity index (χ3n) is 3.48. The first-order valence-corrected chi connectivity index (χ1v) is 7.14. The zero-order valence-corrected chi connectivity index (χ0v) is 13.3. The van der Waals surface area contributed by atoms with Crippen molar-refractivity contribution in [2.75, 3.05) is 32.2 Å². The van der Waals surface area contributed by atoms with Crippen LogP contribution in [0, 0.1) is 0 Å². The van der Waals surface area contributed by atoms with Gasteiger partial charge in [0.05, 0.1) is 13.7 Å². The largest absolute Gasteiger partial charge is 0.497 e. The smallest absolute Gasteiger partial charge is 0.120 e. The lowest BCUT2D eigenvalue weighted by atomic mass is 9.97. The fraction of sp³-hybridized carbons (Fsp3) is 0.625. The van der Waals surface area contributed by atoms with Crippen LogP contribution >= 0.6 is 0 Å². The number of hydrogen-bond acceptors (Lipinski definition) is 4. The Kier molecular flexibility index (Phi) is 6.30. The van der Waals surface area contributed by atoms with Gasteiger partial charge in [0.15, 0.2) is 0 Å². The maximum absolute atomic E-state index is 9.60. The summed E-state index contributed by atoms with van der Waals surface area (Å²) in [6.45, 7) is 7.26. The van der Waals surface area contributed by atoms with Crippen LogP contribution in [0.25, 0.3) is 0 Å². The van der Waals surface area contributed by atoms with E-state index in [1.54, 1.807) is 7.11 Å². The second-order valence-electron chi connectivity index (χ2n) is 5.89. The van der Waals surface area contributed by atoms with Gasteiger partial charge in [-0.25, -0.2) is 0 Å². The molecule has 20 heavy (non-hydrogen) atoms. The number of rotatable bonds is 8. The second kappa shape index (κ2) is 7.50. The molecule has 0 radical (unpaired) electrons. The van der Waals surface area contributed by atoms with Crippen LogP contribution in [0.2, 0.25) is 0 Å². The Morgan fingerprint density at radius 2 is 2.10 bits per heavy atom. The minimum Gasteiger partial charge on any atom is -0.497 e. The lowest BCUT2D eigenvalue weighted by molar-refractivity contribution is 0.158. The molecule has 0 amide bonds. The Morgan fingerprint density at radius 1 is 1.40 bits per heavy atom. The van der Waals surface area contributed by atoms with Crippen LogP contribution in [-0.4, -0.2) is 44.0 Å². The van der Waals surface area contributed by atoms with Crippen molar-refractivity contribution in [3.63, 3.8) is 0 Å². The van der Waals surface area contributed by atoms with Gasteiger partial charge in [-0.1, -0.05) is 19.9 Å². The molecule has 2 N–H and O–H groups in total. The maximum atomic E-state index is 9.60. The van der Waals surface area contributed by atoms with E-state index in [9.17, 15) is 5.11 Å². The summed E-state index contributed by atoms with van der Waals surface area (Å²) in [4.78, 5) is 2.18. The number of nitrogens with zero attached hydrogens (tertiary/aromatic N) is 1. The van der Waals surface area contributed by atoms with Crippen molar-refractivity contribution in [1.29, 1.82) is 0 Å². The Bertz CT molecular complexity index is 409. The number of hydrogen-bond donors (Lipinski definition) is 2. The highest BCUT2D eigenvalue weighted by atomic mass is 16.5. The van der Waals surface area contributed by atoms with Gasteiger partial charge in [0.25, 0.3) is 0 Å². The van der Waals surface area contributed by atoms with E-state index in [2.05, 4.69) is 44.1 Å². The molecule has 1 atom stereocenters. The van der Waals surface area contributed by atoms with Crippen LogP contribution in [-0.2, 0) is 0 Å². The maximum Gasteiger partial charge on any atom is 0.120 e. The average Bonchev–Trinajstić information content (AvgIpc) is 2.44. The SMILES string of the molecule is COc1cccc(N(C)CCC(C)(CO)NC(C)C)c1. The fourth-order valence-corrected chi connectivity index (χ4v) is 2.29. The van der Waals surface area contributed by atoms with Gasteiger partial charge in [-0.05, 0) is 25.5 Å². The van der Waals surface area contributed by atoms with Crippen molar-refractivity contribution < 1.29 is 9.84 Å². The van der Waals surface area contributed by atoms with Crippen LogP contribution in [0.4, 0.5) is 5.69 Å². The number of methoxy groups -OCH3 is 1. The summed E-state index contributed by atoms with van der Waals surface area (Å²) in [6.07, 6.45) is 0.870. The van der Waals surface area contributed by atoms with Crippen molar-refractivity contribution in [3.8, 4) is 5.75 Å². The summed E-state index contributed by atoms with van der Waals surface area (Å²) >= 11 is 0. The van der Waals surface area contributed by atoms with E-state index >= 15 is 0 Å². The molecule has 0 heterocycles. The predicted molar refractivity (Wildman–Crippen MR) is 84.6 cm³/mol. The highest BCUT2D eigenvalue weighted by Gasteiger charge is 2.24. The number of ether oxygens (including phenoxy) is 1. The summed E-state index contributed by atoms with van der Waals surface area (Å²) in [6, 6.07) is 8.37. The second-order valence-corrected chi connectivity index (χ2v) is 5.89. The highest BCUT2D eigenvalue weighted by Crippen LogP contribution is 2.21. The zero-order chi connectivity index (χ0) is 15.2. The summed E-state index contributed by atoms with van der Waals surface area (Å²) in [5, 5.41) is 13.0. The van der Waals surface area contributed by atoms with E-state index in [4.69, 9.17) is 4.74 Å². The molecule has 0 spiro atoms. The normalized spacial score (nSPS) is 14.2. The van der Waals surface area contributed by atoms with Crippen molar-refractivity contribution in [2.45, 2.75) is 38.8 Å². The molecule has 1 unspecified atom stereocenters. The number of nitrogens with one attached hydrogen (secondary N) is 1. The molecular formula is C16H28N2O2. The third kappa shape index (κ3) is 5.02. The molecule has 1 aromatic carbocycles. The lowest BCUT2D eigenvalue weighted by Gasteiger charge is -2.33. The van der Waals surface area contributed by atoms with Crippen LogP contribution in [0.5, 0.6) is 5.75 Å². The minimum atomic E-state index is -0.249. The first kappa shape index (κ1) is 16.8. The number of benzene rings is 1. The van der Waals surface area contributed by atoms with Crippen molar-refractivity contribution >= 4 is 5.69 Å². The molecule has 0 bridgehead atoms. The molecule has 114 valence electrons. The van der Waals surface area contributed by atoms with E-state index in [0.717, 1.165) is 24.4 Å². The molecular weight excluding hydrogens is 252 g/mol. The van der Waals surface area contributed by atoms with Crippen molar-refractivity contribution in [3.05, 3.63) is 24.3 Å². The molecule has 1 aromatic rings. The van der Waals surface area contributed by atoms with E-state index < -0.39 is 0 Å². The molecule has 0 aliphatic rings. The van der Waals surface area contributed by atoms with Crippen LogP contribution in [0.1, 0.15) is 27.2 Å². The molecule has 0 aliphatic heterocycles. The summed E-state index contributed by atoms with van der Waals surface area (Å²) in [7, 11) is 3.73. The monoisotopic (exact) mass is 280 g/mol. The van der Waals surface area contributed by atoms with Gasteiger partial charge in [0.1, 0.15) is 5.75 Å². The lowest BCUT2D eigenvalue weighted by Crippen LogP contribution is -2.50. The fourth-order valence-electron chi connectivity index (χ4n) is 2.29. The summed E-state index contributed by atoms with van der Waals surface area (Å²) in [5.41, 5.74) is 0.871. The Balaban J connectivity index is 2.63. The quantitative estimate of drug-likeness (QED) is 0.767. The number of aliphatic hydroxyl groups excluding tert-OH is 1. The molecule has 0 aromatic heterocycles. The number of anilines is 1. The molecule has 1 rings (SSSR count). The molecule has 4 heteroatoms. The van der Waals surface area contributed by atoms with Gasteiger partial charge < -0.3 is 20.1 Å². The standard InChI is InChI=1S/C16H28N2O2/c1-13(2)17-16(3,12-19)9-10-18(4)14-7-6-8-15(11-14)20-5/h6-8,11,13,17,19H,9-10,12H2,1-5H3. The molecule has 0 fully saturated rings. The Hall–Kier alpha value is -1.26. The van der Waals surface area contributed by atoms with Gasteiger partial charge in [0.2, 0.25) is 0 Å². The van der Waals surface area contributed by atoms with Crippen LogP contribution in [0.15, 0.2) is 24.3 Å². The van der Waals surface area contributed by atoms with Crippen molar-refractivity contribution in [1.82, 2.24) is 5.32 Å².